The fourth-order valence-electron chi connectivity index (χ4n) is 7.54. The molecule has 2 aliphatic rings. The van der Waals surface area contributed by atoms with Gasteiger partial charge in [-0.3, -0.25) is 0 Å². The summed E-state index contributed by atoms with van der Waals surface area (Å²) in [4.78, 5) is 14.5. The fraction of sp³-hybridized carbons (Fsp3) is 0.278. The van der Waals surface area contributed by atoms with Crippen molar-refractivity contribution in [2.45, 2.75) is 44.1 Å². The molecule has 0 saturated heterocycles. The zero-order valence-corrected chi connectivity index (χ0v) is 25.8. The molecule has 2 fully saturated rings. The average Bonchev–Trinajstić information content (AvgIpc) is 3.36. The van der Waals surface area contributed by atoms with Gasteiger partial charge in [-0.25, -0.2) is 13.2 Å². The highest BCUT2D eigenvalue weighted by molar-refractivity contribution is 7.95. The van der Waals surface area contributed by atoms with Gasteiger partial charge >= 0.3 is 5.97 Å². The molecule has 4 nitrogen and oxygen atoms in total. The Bertz CT molecular complexity index is 1620. The maximum atomic E-state index is 14.2. The lowest BCUT2D eigenvalue weighted by Crippen LogP contribution is -2.46. The summed E-state index contributed by atoms with van der Waals surface area (Å²) < 4.78 is 33.9. The van der Waals surface area contributed by atoms with Crippen molar-refractivity contribution in [2.24, 2.45) is 16.7 Å². The number of hydrogen-bond donors (Lipinski definition) is 0. The van der Waals surface area contributed by atoms with Gasteiger partial charge in [-0.2, -0.15) is 0 Å². The highest BCUT2D eigenvalue weighted by atomic mass is 32.2. The van der Waals surface area contributed by atoms with Crippen LogP contribution in [0.3, 0.4) is 0 Å². The van der Waals surface area contributed by atoms with Gasteiger partial charge in [0.15, 0.2) is 9.84 Å². The van der Waals surface area contributed by atoms with Gasteiger partial charge in [-0.05, 0) is 65.5 Å². The van der Waals surface area contributed by atoms with E-state index in [0.29, 0.717) is 17.2 Å². The molecule has 216 valence electrons. The molecule has 0 aromatic heterocycles. The number of esters is 1. The van der Waals surface area contributed by atoms with Crippen LogP contribution in [-0.2, 0) is 19.4 Å². The lowest BCUT2D eigenvalue weighted by molar-refractivity contribution is -0.147. The molecule has 0 radical (unpaired) electrons. The Morgan fingerprint density at radius 1 is 0.786 bits per heavy atom. The summed E-state index contributed by atoms with van der Waals surface area (Å²) in [7, 11) is -3.59. The number of ether oxygens (including phenoxy) is 1. The van der Waals surface area contributed by atoms with E-state index in [-0.39, 0.29) is 17.1 Å². The summed E-state index contributed by atoms with van der Waals surface area (Å²) in [6.45, 7) is 1.79. The van der Waals surface area contributed by atoms with E-state index in [4.69, 9.17) is 4.74 Å². The number of rotatable bonds is 8. The van der Waals surface area contributed by atoms with Crippen molar-refractivity contribution in [3.05, 3.63) is 121 Å². The molecule has 2 saturated carbocycles. The molecular formula is C36H37O4PS. The summed E-state index contributed by atoms with van der Waals surface area (Å²) in [6.07, 6.45) is 1.89. The monoisotopic (exact) mass is 596 g/mol. The van der Waals surface area contributed by atoms with Gasteiger partial charge in [0.1, 0.15) is 6.10 Å². The van der Waals surface area contributed by atoms with Gasteiger partial charge in [0, 0.05) is 11.2 Å². The van der Waals surface area contributed by atoms with Crippen LogP contribution < -0.4 is 15.9 Å². The van der Waals surface area contributed by atoms with Crippen molar-refractivity contribution in [3.63, 3.8) is 0 Å². The van der Waals surface area contributed by atoms with E-state index >= 15 is 0 Å². The third-order valence-corrected chi connectivity index (χ3v) is 15.8. The number of hydrogen-bond acceptors (Lipinski definition) is 4. The predicted octanol–water partition coefficient (Wildman–Crippen LogP) is 5.99. The van der Waals surface area contributed by atoms with E-state index in [1.807, 2.05) is 66.5 Å². The molecule has 0 N–H and O–H groups in total. The first kappa shape index (κ1) is 28.7. The van der Waals surface area contributed by atoms with Gasteiger partial charge in [0.05, 0.1) is 10.6 Å². The van der Waals surface area contributed by atoms with E-state index in [1.165, 1.54) is 0 Å². The zero-order valence-electron chi connectivity index (χ0n) is 24.1. The minimum Gasteiger partial charge on any atom is -0.459 e. The Hall–Kier alpha value is -3.40. The van der Waals surface area contributed by atoms with E-state index in [1.54, 1.807) is 24.3 Å². The maximum Gasteiger partial charge on any atom is 0.332 e. The Balaban J connectivity index is 1.44. The first-order chi connectivity index (χ1) is 20.2. The normalized spacial score (nSPS) is 22.9. The second kappa shape index (κ2) is 11.0. The van der Waals surface area contributed by atoms with Gasteiger partial charge < -0.3 is 4.74 Å². The van der Waals surface area contributed by atoms with E-state index < -0.39 is 28.2 Å². The predicted molar refractivity (Wildman–Crippen MR) is 173 cm³/mol. The van der Waals surface area contributed by atoms with Gasteiger partial charge in [-0.15, -0.1) is 0 Å². The largest absolute Gasteiger partial charge is 0.459 e. The maximum absolute atomic E-state index is 14.2. The number of carbonyl (C=O) groups excluding carboxylic acids is 1. The summed E-state index contributed by atoms with van der Waals surface area (Å²) in [5.74, 6) is 1.70. The second-order valence-corrected chi connectivity index (χ2v) is 17.4. The first-order valence-electron chi connectivity index (χ1n) is 14.6. The molecule has 0 aliphatic heterocycles. The van der Waals surface area contributed by atoms with Crippen LogP contribution in [0.2, 0.25) is 0 Å². The smallest absolute Gasteiger partial charge is 0.332 e. The van der Waals surface area contributed by atoms with Gasteiger partial charge in [0.25, 0.3) is 0 Å². The number of fused-ring (bicyclic) bond motifs is 2. The summed E-state index contributed by atoms with van der Waals surface area (Å²) in [5.41, 5.74) is -0.923. The van der Waals surface area contributed by atoms with Crippen LogP contribution in [0, 0.1) is 16.7 Å². The average molecular weight is 597 g/mol. The molecule has 0 heterocycles. The molecule has 0 spiro atoms. The fourth-order valence-corrected chi connectivity index (χ4v) is 13.3. The molecule has 4 aromatic rings. The quantitative estimate of drug-likeness (QED) is 0.185. The van der Waals surface area contributed by atoms with Crippen molar-refractivity contribution in [1.29, 1.82) is 0 Å². The Morgan fingerprint density at radius 2 is 1.24 bits per heavy atom. The van der Waals surface area contributed by atoms with Crippen LogP contribution in [0.4, 0.5) is 0 Å². The van der Waals surface area contributed by atoms with E-state index in [0.717, 1.165) is 28.8 Å². The third kappa shape index (κ3) is 4.77. The Morgan fingerprint density at radius 3 is 1.69 bits per heavy atom. The molecule has 6 heteroatoms. The topological polar surface area (TPSA) is 60.4 Å². The minimum absolute atomic E-state index is 0.0260. The molecule has 4 aromatic carbocycles. The molecule has 6 rings (SSSR count). The van der Waals surface area contributed by atoms with Crippen molar-refractivity contribution >= 4 is 44.4 Å². The second-order valence-electron chi connectivity index (χ2n) is 12.2. The number of sulfone groups is 1. The minimum atomic E-state index is -3.59. The van der Waals surface area contributed by atoms with E-state index in [9.17, 15) is 13.2 Å². The van der Waals surface area contributed by atoms with Crippen molar-refractivity contribution in [1.82, 2.24) is 0 Å². The SMILES string of the molecule is CC1(C)[C@@H]2CC[C@@]1(CS(=O)(=O)c1ccccc1)[C@H](OC(=O)C=P(c1ccccc1)(c1ccccc1)c1ccccc1)C2. The van der Waals surface area contributed by atoms with Crippen LogP contribution in [0.5, 0.6) is 0 Å². The van der Waals surface area contributed by atoms with Crippen molar-refractivity contribution in [3.8, 4) is 0 Å². The summed E-state index contributed by atoms with van der Waals surface area (Å²) in [5, 5.41) is 3.19. The number of benzene rings is 4. The van der Waals surface area contributed by atoms with Gasteiger partial charge in [0.2, 0.25) is 0 Å². The molecular weight excluding hydrogens is 559 g/mol. The van der Waals surface area contributed by atoms with E-state index in [2.05, 4.69) is 50.2 Å². The molecule has 2 bridgehead atoms. The molecule has 3 atom stereocenters. The lowest BCUT2D eigenvalue weighted by atomic mass is 9.69. The third-order valence-electron chi connectivity index (χ3n) is 9.96. The van der Waals surface area contributed by atoms with Crippen LogP contribution in [0.1, 0.15) is 33.1 Å². The van der Waals surface area contributed by atoms with Crippen LogP contribution in [0.15, 0.2) is 126 Å². The van der Waals surface area contributed by atoms with Crippen LogP contribution in [0.25, 0.3) is 0 Å². The summed E-state index contributed by atoms with van der Waals surface area (Å²) in [6, 6.07) is 39.2. The Kier molecular flexibility index (Phi) is 7.53. The standard InChI is InChI=1S/C36H37O4PS/c1-35(2)28-23-24-36(35,27-42(38,39)32-21-13-6-14-22-32)33(25-28)40-34(37)26-41(29-15-7-3-8-16-29,30-17-9-4-10-18-30)31-19-11-5-12-20-31/h3-22,26,28,33H,23-25,27H2,1-2H3/t28-,33-,36-/m1/s1. The van der Waals surface area contributed by atoms with Crippen LogP contribution >= 0.6 is 6.89 Å². The lowest BCUT2D eigenvalue weighted by Gasteiger charge is -2.41. The highest BCUT2D eigenvalue weighted by Crippen LogP contribution is 2.67. The van der Waals surface area contributed by atoms with Gasteiger partial charge in [-0.1, -0.05) is 123 Å². The molecule has 2 aliphatic carbocycles. The highest BCUT2D eigenvalue weighted by Gasteiger charge is 2.66. The zero-order chi connectivity index (χ0) is 29.4. The number of carbonyl (C=O) groups is 1. The van der Waals surface area contributed by atoms with Crippen molar-refractivity contribution in [2.75, 3.05) is 5.75 Å². The molecule has 0 amide bonds. The van der Waals surface area contributed by atoms with Crippen LogP contribution in [-0.4, -0.2) is 32.0 Å². The molecule has 42 heavy (non-hydrogen) atoms. The molecule has 0 unspecified atom stereocenters. The summed E-state index contributed by atoms with van der Waals surface area (Å²) >= 11 is 0. The first-order valence-corrected chi connectivity index (χ1v) is 18.1. The van der Waals surface area contributed by atoms with Crippen molar-refractivity contribution < 1.29 is 17.9 Å². The Labute approximate surface area is 249 Å².